The molecule has 0 aliphatic heterocycles. The minimum absolute atomic E-state index is 0.0619. The van der Waals surface area contributed by atoms with Crippen molar-refractivity contribution >= 4 is 20.2 Å². The van der Waals surface area contributed by atoms with Crippen LogP contribution in [0.5, 0.6) is 0 Å². The summed E-state index contributed by atoms with van der Waals surface area (Å²) in [7, 11) is -8.53. The maximum atomic E-state index is 12.8. The van der Waals surface area contributed by atoms with E-state index in [0.717, 1.165) is 49.9 Å². The van der Waals surface area contributed by atoms with E-state index in [1.54, 1.807) is 0 Å². The largest absolute Gasteiger partial charge is 0.332 e. The second-order valence-electron chi connectivity index (χ2n) is 5.50. The lowest BCUT2D eigenvalue weighted by Gasteiger charge is -2.27. The van der Waals surface area contributed by atoms with E-state index in [4.69, 9.17) is 0 Å². The second kappa shape index (κ2) is 6.02. The molecule has 1 N–H and O–H groups in total. The molecule has 118 valence electrons. The van der Waals surface area contributed by atoms with Gasteiger partial charge in [0.15, 0.2) is 0 Å². The summed E-state index contributed by atoms with van der Waals surface area (Å²) in [6, 6.07) is 3.99. The normalized spacial score (nSPS) is 23.9. The minimum atomic E-state index is -4.81. The van der Waals surface area contributed by atoms with Crippen LogP contribution in [0, 0.1) is 5.92 Å². The Morgan fingerprint density at radius 1 is 1.05 bits per heavy atom. The molecule has 2 unspecified atom stereocenters. The van der Waals surface area contributed by atoms with E-state index in [-0.39, 0.29) is 10.9 Å². The molecule has 0 amide bonds. The molecule has 5 nitrogen and oxygen atoms in total. The third-order valence-corrected chi connectivity index (χ3v) is 6.05. The molecule has 0 radical (unpaired) electrons. The first-order chi connectivity index (χ1) is 9.68. The van der Waals surface area contributed by atoms with Crippen LogP contribution < -0.4 is 4.72 Å². The van der Waals surface area contributed by atoms with Gasteiger partial charge < -0.3 is 0 Å². The third kappa shape index (κ3) is 4.24. The molecular weight excluding hydrogens is 317 g/mol. The molecule has 2 atom stereocenters. The predicted molar refractivity (Wildman–Crippen MR) is 76.5 cm³/mol. The van der Waals surface area contributed by atoms with E-state index in [1.165, 1.54) is 0 Å². The van der Waals surface area contributed by atoms with Gasteiger partial charge in [-0.2, -0.15) is 8.42 Å². The predicted octanol–water partition coefficient (Wildman–Crippen LogP) is 2.20. The van der Waals surface area contributed by atoms with Crippen molar-refractivity contribution in [3.63, 3.8) is 0 Å². The lowest BCUT2D eigenvalue weighted by atomic mass is 9.88. The number of hydrogen-bond donors (Lipinski definition) is 1. The molecule has 8 heteroatoms. The van der Waals surface area contributed by atoms with Crippen LogP contribution in [-0.2, 0) is 20.2 Å². The number of nitrogens with one attached hydrogen (secondary N) is 1. The molecule has 2 rings (SSSR count). The summed E-state index contributed by atoms with van der Waals surface area (Å²) < 4.78 is 61.3. The number of hydrogen-bond acceptors (Lipinski definition) is 4. The highest BCUT2D eigenvalue weighted by Gasteiger charge is 2.25. The maximum Gasteiger partial charge on any atom is 0.332 e. The van der Waals surface area contributed by atoms with Gasteiger partial charge in [0.25, 0.3) is 0 Å². The van der Waals surface area contributed by atoms with Crippen molar-refractivity contribution < 1.29 is 20.7 Å². The maximum absolute atomic E-state index is 12.8. The Bertz CT molecular complexity index is 698. The van der Waals surface area contributed by atoms with Crippen LogP contribution in [-0.4, -0.2) is 22.9 Å². The quantitative estimate of drug-likeness (QED) is 0.856. The van der Waals surface area contributed by atoms with Gasteiger partial charge in [0, 0.05) is 6.04 Å². The first-order valence-electron chi connectivity index (χ1n) is 6.75. The molecule has 1 aromatic rings. The van der Waals surface area contributed by atoms with Crippen molar-refractivity contribution in [2.45, 2.75) is 48.4 Å². The van der Waals surface area contributed by atoms with Crippen LogP contribution in [0.2, 0.25) is 0 Å². The van der Waals surface area contributed by atoms with Crippen molar-refractivity contribution in [2.24, 2.45) is 5.92 Å². The average molecular weight is 335 g/mol. The first kappa shape index (κ1) is 16.4. The second-order valence-corrected chi connectivity index (χ2v) is 8.56. The Labute approximate surface area is 124 Å². The molecule has 1 aliphatic rings. The molecule has 0 spiro atoms. The fraction of sp³-hybridized carbons (Fsp3) is 0.538. The van der Waals surface area contributed by atoms with Gasteiger partial charge in [0.05, 0.1) is 9.79 Å². The highest BCUT2D eigenvalue weighted by Crippen LogP contribution is 2.25. The topological polar surface area (TPSA) is 80.3 Å². The summed E-state index contributed by atoms with van der Waals surface area (Å²) in [4.78, 5) is -0.610. The minimum Gasteiger partial charge on any atom is -0.208 e. The molecule has 1 saturated carbocycles. The van der Waals surface area contributed by atoms with Gasteiger partial charge in [-0.3, -0.25) is 0 Å². The lowest BCUT2D eigenvalue weighted by Crippen LogP contribution is -2.37. The SMILES string of the molecule is CC1CCCC(NS(=O)(=O)c2ccc(S(=O)(=O)F)cc2)C1. The summed E-state index contributed by atoms with van der Waals surface area (Å²) >= 11 is 0. The lowest BCUT2D eigenvalue weighted by molar-refractivity contribution is 0.327. The Morgan fingerprint density at radius 3 is 2.14 bits per heavy atom. The standard InChI is InChI=1S/C13H18FNO4S2/c1-10-3-2-4-11(9-10)15-21(18,19)13-7-5-12(6-8-13)20(14,16)17/h5-8,10-11,15H,2-4,9H2,1H3. The van der Waals surface area contributed by atoms with Crippen LogP contribution >= 0.6 is 0 Å². The third-order valence-electron chi connectivity index (χ3n) is 3.67. The monoisotopic (exact) mass is 335 g/mol. The summed E-state index contributed by atoms with van der Waals surface area (Å²) in [5, 5.41) is 0. The highest BCUT2D eigenvalue weighted by molar-refractivity contribution is 7.89. The van der Waals surface area contributed by atoms with Crippen molar-refractivity contribution in [3.8, 4) is 0 Å². The van der Waals surface area contributed by atoms with Gasteiger partial charge >= 0.3 is 10.2 Å². The van der Waals surface area contributed by atoms with Crippen LogP contribution in [0.1, 0.15) is 32.6 Å². The van der Waals surface area contributed by atoms with Crippen molar-refractivity contribution in [1.82, 2.24) is 4.72 Å². The Balaban J connectivity index is 2.16. The number of benzene rings is 1. The van der Waals surface area contributed by atoms with Crippen LogP contribution in [0.15, 0.2) is 34.1 Å². The fourth-order valence-electron chi connectivity index (χ4n) is 2.61. The Kier molecular flexibility index (Phi) is 4.69. The summed E-state index contributed by atoms with van der Waals surface area (Å²) in [5.74, 6) is 0.477. The molecule has 0 heterocycles. The molecule has 1 aliphatic carbocycles. The van der Waals surface area contributed by atoms with E-state index in [0.29, 0.717) is 5.92 Å². The molecule has 1 aromatic carbocycles. The van der Waals surface area contributed by atoms with Gasteiger partial charge in [-0.15, -0.1) is 3.89 Å². The Hall–Kier alpha value is -0.990. The van der Waals surface area contributed by atoms with E-state index in [2.05, 4.69) is 11.6 Å². The van der Waals surface area contributed by atoms with E-state index in [1.807, 2.05) is 0 Å². The van der Waals surface area contributed by atoms with Gasteiger partial charge in [0.1, 0.15) is 0 Å². The smallest absolute Gasteiger partial charge is 0.208 e. The van der Waals surface area contributed by atoms with Gasteiger partial charge in [0.2, 0.25) is 10.0 Å². The van der Waals surface area contributed by atoms with E-state index >= 15 is 0 Å². The van der Waals surface area contributed by atoms with Crippen LogP contribution in [0.25, 0.3) is 0 Å². The number of sulfonamides is 1. The zero-order chi connectivity index (χ0) is 15.7. The molecule has 21 heavy (non-hydrogen) atoms. The number of halogens is 1. The van der Waals surface area contributed by atoms with Crippen LogP contribution in [0.4, 0.5) is 3.89 Å². The fourth-order valence-corrected chi connectivity index (χ4v) is 4.35. The molecule has 0 saturated heterocycles. The molecular formula is C13H18FNO4S2. The zero-order valence-electron chi connectivity index (χ0n) is 11.6. The summed E-state index contributed by atoms with van der Waals surface area (Å²) in [5.41, 5.74) is 0. The van der Waals surface area contributed by atoms with Crippen molar-refractivity contribution in [1.29, 1.82) is 0 Å². The molecule has 0 bridgehead atoms. The van der Waals surface area contributed by atoms with Gasteiger partial charge in [-0.05, 0) is 43.0 Å². The average Bonchev–Trinajstić information content (AvgIpc) is 2.37. The van der Waals surface area contributed by atoms with E-state index < -0.39 is 25.1 Å². The Morgan fingerprint density at radius 2 is 1.62 bits per heavy atom. The van der Waals surface area contributed by atoms with Crippen molar-refractivity contribution in [3.05, 3.63) is 24.3 Å². The highest BCUT2D eigenvalue weighted by atomic mass is 32.3. The van der Waals surface area contributed by atoms with Gasteiger partial charge in [-0.25, -0.2) is 13.1 Å². The molecule has 1 fully saturated rings. The van der Waals surface area contributed by atoms with Crippen LogP contribution in [0.3, 0.4) is 0 Å². The molecule has 0 aromatic heterocycles. The zero-order valence-corrected chi connectivity index (χ0v) is 13.3. The van der Waals surface area contributed by atoms with E-state index in [9.17, 15) is 20.7 Å². The van der Waals surface area contributed by atoms with Crippen molar-refractivity contribution in [2.75, 3.05) is 0 Å². The van der Waals surface area contributed by atoms with Gasteiger partial charge in [-0.1, -0.05) is 19.8 Å². The summed E-state index contributed by atoms with van der Waals surface area (Å²) in [6.45, 7) is 2.08. The first-order valence-corrected chi connectivity index (χ1v) is 9.62. The summed E-state index contributed by atoms with van der Waals surface area (Å²) in [6.07, 6.45) is 3.66. The number of rotatable bonds is 4.